The number of hydrogen-bond acceptors (Lipinski definition) is 5. The molecule has 0 spiro atoms. The van der Waals surface area contributed by atoms with Gasteiger partial charge < -0.3 is 4.57 Å². The third kappa shape index (κ3) is 3.75. The van der Waals surface area contributed by atoms with Crippen LogP contribution in [0.4, 0.5) is 5.82 Å². The minimum Gasteiger partial charge on any atom is -0.302 e. The molecule has 9 heteroatoms. The monoisotopic (exact) mass is 487 g/mol. The molecule has 0 radical (unpaired) electrons. The van der Waals surface area contributed by atoms with Crippen LogP contribution in [0.2, 0.25) is 5.02 Å². The van der Waals surface area contributed by atoms with Crippen LogP contribution in [0, 0.1) is 11.3 Å². The van der Waals surface area contributed by atoms with Crippen LogP contribution in [-0.4, -0.2) is 23.0 Å². The predicted molar refractivity (Wildman–Crippen MR) is 132 cm³/mol. The van der Waals surface area contributed by atoms with Crippen molar-refractivity contribution < 1.29 is 8.42 Å². The molecule has 1 atom stereocenters. The van der Waals surface area contributed by atoms with Gasteiger partial charge in [-0.1, -0.05) is 54.1 Å². The van der Waals surface area contributed by atoms with Crippen molar-refractivity contribution in [1.82, 2.24) is 14.5 Å². The van der Waals surface area contributed by atoms with E-state index < -0.39 is 10.0 Å². The topological polar surface area (TPSA) is 101 Å². The molecule has 0 bridgehead atoms. The second-order valence-corrected chi connectivity index (χ2v) is 9.85. The average Bonchev–Trinajstić information content (AvgIpc) is 3.13. The molecule has 5 rings (SSSR count). The van der Waals surface area contributed by atoms with Gasteiger partial charge in [-0.05, 0) is 48.9 Å². The van der Waals surface area contributed by atoms with Gasteiger partial charge in [0, 0.05) is 5.02 Å². The molecule has 0 aliphatic heterocycles. The molecule has 0 aliphatic carbocycles. The second kappa shape index (κ2) is 8.45. The van der Waals surface area contributed by atoms with Crippen molar-refractivity contribution in [2.75, 3.05) is 4.72 Å². The third-order valence-corrected chi connectivity index (χ3v) is 7.24. The number of aromatic nitrogens is 3. The lowest BCUT2D eigenvalue weighted by Gasteiger charge is -2.19. The summed E-state index contributed by atoms with van der Waals surface area (Å²) in [6.07, 6.45) is 0. The van der Waals surface area contributed by atoms with Crippen molar-refractivity contribution in [3.63, 3.8) is 0 Å². The number of nitrogens with zero attached hydrogens (tertiary/aromatic N) is 4. The van der Waals surface area contributed by atoms with Crippen LogP contribution in [0.15, 0.2) is 83.8 Å². The fourth-order valence-electron chi connectivity index (χ4n) is 3.93. The van der Waals surface area contributed by atoms with Crippen LogP contribution in [0.1, 0.15) is 24.1 Å². The van der Waals surface area contributed by atoms with E-state index in [0.29, 0.717) is 27.2 Å². The molecular formula is C25H18ClN5O2S. The van der Waals surface area contributed by atoms with Crippen LogP contribution in [0.5, 0.6) is 0 Å². The smallest absolute Gasteiger partial charge is 0.263 e. The molecule has 2 aromatic heterocycles. The number of anilines is 1. The van der Waals surface area contributed by atoms with Crippen molar-refractivity contribution in [3.05, 3.63) is 95.0 Å². The highest BCUT2D eigenvalue weighted by molar-refractivity contribution is 7.92. The Balaban J connectivity index is 1.79. The van der Waals surface area contributed by atoms with Crippen molar-refractivity contribution in [1.29, 1.82) is 5.26 Å². The Kier molecular flexibility index (Phi) is 5.44. The normalized spacial score (nSPS) is 12.5. The van der Waals surface area contributed by atoms with Crippen LogP contribution in [0.25, 0.3) is 22.2 Å². The minimum absolute atomic E-state index is 0.0241. The van der Waals surface area contributed by atoms with Gasteiger partial charge in [0.2, 0.25) is 0 Å². The van der Waals surface area contributed by atoms with Gasteiger partial charge in [-0.15, -0.1) is 0 Å². The van der Waals surface area contributed by atoms with E-state index in [1.165, 1.54) is 24.3 Å². The summed E-state index contributed by atoms with van der Waals surface area (Å²) in [6, 6.07) is 24.5. The van der Waals surface area contributed by atoms with Crippen LogP contribution >= 0.6 is 11.6 Å². The molecule has 5 aromatic rings. The van der Waals surface area contributed by atoms with Gasteiger partial charge in [-0.3, -0.25) is 4.72 Å². The van der Waals surface area contributed by atoms with E-state index in [-0.39, 0.29) is 22.3 Å². The third-order valence-electron chi connectivity index (χ3n) is 5.63. The summed E-state index contributed by atoms with van der Waals surface area (Å²) >= 11 is 5.93. The van der Waals surface area contributed by atoms with Crippen molar-refractivity contribution in [2.24, 2.45) is 0 Å². The predicted octanol–water partition coefficient (Wildman–Crippen LogP) is 5.52. The molecule has 0 amide bonds. The van der Waals surface area contributed by atoms with Gasteiger partial charge in [0.15, 0.2) is 5.65 Å². The zero-order valence-corrected chi connectivity index (χ0v) is 19.5. The van der Waals surface area contributed by atoms with Gasteiger partial charge >= 0.3 is 0 Å². The van der Waals surface area contributed by atoms with E-state index >= 15 is 0 Å². The molecule has 34 heavy (non-hydrogen) atoms. The molecule has 0 saturated heterocycles. The number of rotatable bonds is 5. The maximum absolute atomic E-state index is 13.3. The fraction of sp³-hybridized carbons (Fsp3) is 0.0800. The first-order chi connectivity index (χ1) is 16.4. The molecule has 0 aliphatic rings. The zero-order valence-electron chi connectivity index (χ0n) is 18.0. The summed E-state index contributed by atoms with van der Waals surface area (Å²) in [7, 11) is -4.03. The van der Waals surface area contributed by atoms with E-state index in [4.69, 9.17) is 16.6 Å². The van der Waals surface area contributed by atoms with Crippen LogP contribution in [0.3, 0.4) is 0 Å². The number of fused-ring (bicyclic) bond motifs is 2. The van der Waals surface area contributed by atoms with E-state index in [0.717, 1.165) is 5.56 Å². The van der Waals surface area contributed by atoms with Crippen molar-refractivity contribution in [2.45, 2.75) is 17.9 Å². The fourth-order valence-corrected chi connectivity index (χ4v) is 5.12. The summed E-state index contributed by atoms with van der Waals surface area (Å²) < 4.78 is 30.9. The van der Waals surface area contributed by atoms with Crippen LogP contribution < -0.4 is 4.72 Å². The van der Waals surface area contributed by atoms with Gasteiger partial charge in [-0.2, -0.15) is 5.26 Å². The molecule has 168 valence electrons. The molecule has 1 N–H and O–H groups in total. The molecule has 2 heterocycles. The maximum atomic E-state index is 13.3. The van der Waals surface area contributed by atoms with E-state index in [1.807, 2.05) is 55.5 Å². The minimum atomic E-state index is -4.03. The number of halogens is 1. The standard InChI is InChI=1S/C25H18ClN5O2S/c1-16(17-7-3-2-4-8-17)31-24(30-34(32,33)19-13-11-18(26)12-14-19)20(15-27)23-25(31)29-22-10-6-5-9-21(22)28-23/h2-14,16,30H,1H3. The number of benzene rings is 3. The Morgan fingerprint density at radius 2 is 1.56 bits per heavy atom. The highest BCUT2D eigenvalue weighted by atomic mass is 35.5. The number of nitrogens with one attached hydrogen (secondary N) is 1. The summed E-state index contributed by atoms with van der Waals surface area (Å²) in [5.74, 6) is 0.110. The van der Waals surface area contributed by atoms with Crippen molar-refractivity contribution in [3.8, 4) is 6.07 Å². The van der Waals surface area contributed by atoms with Gasteiger partial charge in [0.1, 0.15) is 23.0 Å². The summed E-state index contributed by atoms with van der Waals surface area (Å²) in [6.45, 7) is 1.92. The number of nitriles is 1. The first-order valence-electron chi connectivity index (χ1n) is 10.4. The second-order valence-electron chi connectivity index (χ2n) is 7.74. The number of para-hydroxylation sites is 2. The first kappa shape index (κ1) is 21.9. The van der Waals surface area contributed by atoms with Gasteiger partial charge in [0.05, 0.1) is 22.0 Å². The van der Waals surface area contributed by atoms with E-state index in [1.54, 1.807) is 10.6 Å². The van der Waals surface area contributed by atoms with E-state index in [9.17, 15) is 13.7 Å². The highest BCUT2D eigenvalue weighted by Crippen LogP contribution is 2.35. The Labute approximate surface area is 201 Å². The molecule has 7 nitrogen and oxygen atoms in total. The number of hydrogen-bond donors (Lipinski definition) is 1. The average molecular weight is 488 g/mol. The molecule has 1 unspecified atom stereocenters. The Hall–Kier alpha value is -3.93. The van der Waals surface area contributed by atoms with Crippen molar-refractivity contribution >= 4 is 49.6 Å². The molecule has 3 aromatic carbocycles. The van der Waals surface area contributed by atoms with E-state index in [2.05, 4.69) is 15.8 Å². The quantitative estimate of drug-likeness (QED) is 0.351. The Morgan fingerprint density at radius 3 is 2.21 bits per heavy atom. The lowest BCUT2D eigenvalue weighted by atomic mass is 10.1. The maximum Gasteiger partial charge on any atom is 0.263 e. The molecule has 0 saturated carbocycles. The number of sulfonamides is 1. The zero-order chi connectivity index (χ0) is 23.9. The first-order valence-corrected chi connectivity index (χ1v) is 12.3. The Morgan fingerprint density at radius 1 is 0.941 bits per heavy atom. The SMILES string of the molecule is CC(c1ccccc1)n1c(NS(=O)(=O)c2ccc(Cl)cc2)c(C#N)c2nc3ccccc3nc21. The highest BCUT2D eigenvalue weighted by Gasteiger charge is 2.28. The lowest BCUT2D eigenvalue weighted by molar-refractivity contribution is 0.599. The lowest BCUT2D eigenvalue weighted by Crippen LogP contribution is -2.19. The molecule has 0 fully saturated rings. The largest absolute Gasteiger partial charge is 0.302 e. The van der Waals surface area contributed by atoms with Gasteiger partial charge in [0.25, 0.3) is 10.0 Å². The molecular weight excluding hydrogens is 470 g/mol. The summed E-state index contributed by atoms with van der Waals surface area (Å²) in [4.78, 5) is 9.45. The summed E-state index contributed by atoms with van der Waals surface area (Å²) in [5, 5.41) is 10.5. The summed E-state index contributed by atoms with van der Waals surface area (Å²) in [5.41, 5.74) is 3.03. The van der Waals surface area contributed by atoms with Gasteiger partial charge in [-0.25, -0.2) is 18.4 Å². The Bertz CT molecular complexity index is 1670. The van der Waals surface area contributed by atoms with Crippen LogP contribution in [-0.2, 0) is 10.0 Å².